The summed E-state index contributed by atoms with van der Waals surface area (Å²) < 4.78 is 72.8. The first-order chi connectivity index (χ1) is 7.60. The van der Waals surface area contributed by atoms with Crippen molar-refractivity contribution in [1.82, 2.24) is 0 Å². The minimum atomic E-state index is -4.84. The Balaban J connectivity index is 2.87. The van der Waals surface area contributed by atoms with Gasteiger partial charge < -0.3 is 5.11 Å². The molecule has 0 heterocycles. The molecule has 0 aliphatic carbocycles. The van der Waals surface area contributed by atoms with Gasteiger partial charge in [-0.05, 0) is 11.6 Å². The van der Waals surface area contributed by atoms with Crippen molar-refractivity contribution in [3.05, 3.63) is 35.4 Å². The Hall–Kier alpha value is -1.24. The van der Waals surface area contributed by atoms with Gasteiger partial charge in [-0.25, -0.2) is 0 Å². The number of alkyl halides is 6. The smallest absolute Gasteiger partial charge is 0.383 e. The molecular weight excluding hydrogens is 250 g/mol. The maximum absolute atomic E-state index is 12.3. The molecule has 1 atom stereocenters. The number of benzene rings is 1. The molecule has 0 spiro atoms. The standard InChI is InChI=1S/C10H8F6O/c11-9(12,13)7-3-1-2-6(4-7)5-8(17)10(14,15)16/h1-4,8,17H,5H2. The molecule has 0 saturated carbocycles. The van der Waals surface area contributed by atoms with E-state index in [0.717, 1.165) is 18.2 Å². The molecule has 1 N–H and O–H groups in total. The van der Waals surface area contributed by atoms with Gasteiger partial charge in [0.2, 0.25) is 0 Å². The highest BCUT2D eigenvalue weighted by Gasteiger charge is 2.38. The summed E-state index contributed by atoms with van der Waals surface area (Å²) in [5.41, 5.74) is -1.26. The van der Waals surface area contributed by atoms with Crippen molar-refractivity contribution < 1.29 is 31.4 Å². The van der Waals surface area contributed by atoms with Crippen molar-refractivity contribution in [2.24, 2.45) is 0 Å². The van der Waals surface area contributed by atoms with Gasteiger partial charge in [-0.2, -0.15) is 26.3 Å². The highest BCUT2D eigenvalue weighted by molar-refractivity contribution is 5.26. The average Bonchev–Trinajstić information content (AvgIpc) is 2.15. The minimum Gasteiger partial charge on any atom is -0.383 e. The van der Waals surface area contributed by atoms with Crippen molar-refractivity contribution >= 4 is 0 Å². The molecule has 1 rings (SSSR count). The van der Waals surface area contributed by atoms with Crippen LogP contribution in [-0.4, -0.2) is 17.4 Å². The van der Waals surface area contributed by atoms with Crippen LogP contribution in [0.15, 0.2) is 24.3 Å². The summed E-state index contributed by atoms with van der Waals surface area (Å²) in [7, 11) is 0. The predicted molar refractivity (Wildman–Crippen MR) is 47.2 cm³/mol. The first-order valence-corrected chi connectivity index (χ1v) is 4.51. The van der Waals surface area contributed by atoms with E-state index in [1.54, 1.807) is 0 Å². The van der Waals surface area contributed by atoms with E-state index in [2.05, 4.69) is 0 Å². The van der Waals surface area contributed by atoms with E-state index in [1.165, 1.54) is 0 Å². The molecule has 0 fully saturated rings. The fourth-order valence-corrected chi connectivity index (χ4v) is 1.21. The lowest BCUT2D eigenvalue weighted by Gasteiger charge is -2.15. The number of halogens is 6. The third kappa shape index (κ3) is 3.92. The Morgan fingerprint density at radius 3 is 2.12 bits per heavy atom. The summed E-state index contributed by atoms with van der Waals surface area (Å²) in [4.78, 5) is 0. The van der Waals surface area contributed by atoms with Crippen LogP contribution in [0.3, 0.4) is 0 Å². The van der Waals surface area contributed by atoms with E-state index in [4.69, 9.17) is 5.11 Å². The van der Waals surface area contributed by atoms with Crippen molar-refractivity contribution in [3.63, 3.8) is 0 Å². The summed E-state index contributed by atoms with van der Waals surface area (Å²) in [6, 6.07) is 3.45. The normalized spacial score (nSPS) is 14.8. The Labute approximate surface area is 92.7 Å². The quantitative estimate of drug-likeness (QED) is 0.808. The SMILES string of the molecule is OC(Cc1cccc(C(F)(F)F)c1)C(F)(F)F. The zero-order valence-corrected chi connectivity index (χ0v) is 8.31. The van der Waals surface area contributed by atoms with Crippen molar-refractivity contribution in [1.29, 1.82) is 0 Å². The van der Waals surface area contributed by atoms with Crippen LogP contribution in [0, 0.1) is 0 Å². The molecule has 0 aromatic heterocycles. The molecule has 0 aliphatic rings. The number of rotatable bonds is 2. The topological polar surface area (TPSA) is 20.2 Å². The molecule has 0 amide bonds. The molecule has 7 heteroatoms. The number of aliphatic hydroxyl groups is 1. The van der Waals surface area contributed by atoms with E-state index >= 15 is 0 Å². The van der Waals surface area contributed by atoms with Gasteiger partial charge in [0.25, 0.3) is 0 Å². The molecule has 0 saturated heterocycles. The van der Waals surface area contributed by atoms with Gasteiger partial charge in [0.05, 0.1) is 5.56 Å². The molecule has 0 aliphatic heterocycles. The lowest BCUT2D eigenvalue weighted by molar-refractivity contribution is -0.203. The molecule has 96 valence electrons. The number of hydrogen-bond donors (Lipinski definition) is 1. The minimum absolute atomic E-state index is 0.218. The molecular formula is C10H8F6O. The second-order valence-corrected chi connectivity index (χ2v) is 3.46. The molecule has 17 heavy (non-hydrogen) atoms. The van der Waals surface area contributed by atoms with E-state index in [9.17, 15) is 26.3 Å². The van der Waals surface area contributed by atoms with Gasteiger partial charge in [0.1, 0.15) is 0 Å². The Morgan fingerprint density at radius 1 is 1.06 bits per heavy atom. The third-order valence-corrected chi connectivity index (χ3v) is 2.06. The summed E-state index contributed by atoms with van der Waals surface area (Å²) in [6.07, 6.45) is -13.0. The van der Waals surface area contributed by atoms with Crippen LogP contribution in [0.25, 0.3) is 0 Å². The maximum atomic E-state index is 12.3. The van der Waals surface area contributed by atoms with Crippen LogP contribution >= 0.6 is 0 Å². The summed E-state index contributed by atoms with van der Waals surface area (Å²) in [6.45, 7) is 0. The molecule has 1 nitrogen and oxygen atoms in total. The van der Waals surface area contributed by atoms with Crippen molar-refractivity contribution in [3.8, 4) is 0 Å². The highest BCUT2D eigenvalue weighted by atomic mass is 19.4. The second-order valence-electron chi connectivity index (χ2n) is 3.46. The van der Waals surface area contributed by atoms with Gasteiger partial charge in [-0.1, -0.05) is 18.2 Å². The zero-order valence-electron chi connectivity index (χ0n) is 8.31. The van der Waals surface area contributed by atoms with Gasteiger partial charge >= 0.3 is 12.4 Å². The third-order valence-electron chi connectivity index (χ3n) is 2.06. The predicted octanol–water partition coefficient (Wildman–Crippen LogP) is 3.17. The lowest BCUT2D eigenvalue weighted by Crippen LogP contribution is -2.30. The second kappa shape index (κ2) is 4.56. The summed E-state index contributed by atoms with van der Waals surface area (Å²) in [5.74, 6) is 0. The zero-order chi connectivity index (χ0) is 13.3. The summed E-state index contributed by atoms with van der Waals surface area (Å²) >= 11 is 0. The van der Waals surface area contributed by atoms with E-state index in [1.807, 2.05) is 0 Å². The van der Waals surface area contributed by atoms with E-state index < -0.39 is 30.4 Å². The molecule has 0 radical (unpaired) electrons. The van der Waals surface area contributed by atoms with Gasteiger partial charge in [-0.3, -0.25) is 0 Å². The maximum Gasteiger partial charge on any atom is 0.416 e. The Bertz CT molecular complexity index is 381. The Morgan fingerprint density at radius 2 is 1.65 bits per heavy atom. The molecule has 0 bridgehead atoms. The van der Waals surface area contributed by atoms with Crippen LogP contribution in [0.5, 0.6) is 0 Å². The van der Waals surface area contributed by atoms with E-state index in [0.29, 0.717) is 6.07 Å². The monoisotopic (exact) mass is 258 g/mol. The van der Waals surface area contributed by atoms with Crippen LogP contribution in [0.2, 0.25) is 0 Å². The molecule has 1 aromatic carbocycles. The fourth-order valence-electron chi connectivity index (χ4n) is 1.21. The number of hydrogen-bond acceptors (Lipinski definition) is 1. The van der Waals surface area contributed by atoms with E-state index in [-0.39, 0.29) is 5.56 Å². The van der Waals surface area contributed by atoms with Crippen LogP contribution in [0.1, 0.15) is 11.1 Å². The highest BCUT2D eigenvalue weighted by Crippen LogP contribution is 2.30. The van der Waals surface area contributed by atoms with Gasteiger partial charge in [-0.15, -0.1) is 0 Å². The van der Waals surface area contributed by atoms with Crippen molar-refractivity contribution in [2.75, 3.05) is 0 Å². The average molecular weight is 258 g/mol. The molecule has 1 unspecified atom stereocenters. The Kier molecular flexibility index (Phi) is 3.71. The largest absolute Gasteiger partial charge is 0.416 e. The summed E-state index contributed by atoms with van der Waals surface area (Å²) in [5, 5.41) is 8.73. The fraction of sp³-hybridized carbons (Fsp3) is 0.400. The van der Waals surface area contributed by atoms with Gasteiger partial charge in [0.15, 0.2) is 6.10 Å². The first-order valence-electron chi connectivity index (χ1n) is 4.51. The first kappa shape index (κ1) is 13.8. The van der Waals surface area contributed by atoms with Crippen LogP contribution < -0.4 is 0 Å². The van der Waals surface area contributed by atoms with Crippen molar-refractivity contribution in [2.45, 2.75) is 24.9 Å². The van der Waals surface area contributed by atoms with Gasteiger partial charge in [0, 0.05) is 6.42 Å². The molecule has 1 aromatic rings. The lowest BCUT2D eigenvalue weighted by atomic mass is 10.0. The van der Waals surface area contributed by atoms with Crippen LogP contribution in [0.4, 0.5) is 26.3 Å². The van der Waals surface area contributed by atoms with Crippen LogP contribution in [-0.2, 0) is 12.6 Å². The number of aliphatic hydroxyl groups excluding tert-OH is 1.